The summed E-state index contributed by atoms with van der Waals surface area (Å²) in [6, 6.07) is 0. The van der Waals surface area contributed by atoms with Gasteiger partial charge >= 0.3 is 5.97 Å². The number of hydrogen-bond donors (Lipinski definition) is 0. The fourth-order valence-corrected chi connectivity index (χ4v) is 1.60. The third kappa shape index (κ3) is 2.66. The summed E-state index contributed by atoms with van der Waals surface area (Å²) in [5, 5.41) is 0.834. The molecule has 0 aliphatic heterocycles. The number of thiazole rings is 1. The molecule has 0 bridgehead atoms. The van der Waals surface area contributed by atoms with Crippen LogP contribution in [0.3, 0.4) is 0 Å². The van der Waals surface area contributed by atoms with Crippen molar-refractivity contribution in [3.63, 3.8) is 0 Å². The van der Waals surface area contributed by atoms with Gasteiger partial charge in [0.05, 0.1) is 12.8 Å². The van der Waals surface area contributed by atoms with E-state index in [1.54, 1.807) is 17.4 Å². The van der Waals surface area contributed by atoms with Crippen LogP contribution in [-0.4, -0.2) is 18.1 Å². The lowest BCUT2D eigenvalue weighted by Crippen LogP contribution is -1.92. The number of rotatable bonds is 2. The van der Waals surface area contributed by atoms with Crippen molar-refractivity contribution in [2.24, 2.45) is 0 Å². The van der Waals surface area contributed by atoms with Gasteiger partial charge in [0, 0.05) is 11.0 Å². The summed E-state index contributed by atoms with van der Waals surface area (Å²) >= 11 is 1.56. The summed E-state index contributed by atoms with van der Waals surface area (Å²) in [4.78, 5) is 16.2. The second-order valence-corrected chi connectivity index (χ2v) is 3.78. The Hall–Kier alpha value is -1.16. The molecule has 0 aliphatic carbocycles. The van der Waals surface area contributed by atoms with Gasteiger partial charge in [0.25, 0.3) is 0 Å². The number of ether oxygens (including phenoxy) is 1. The molecule has 70 valence electrons. The lowest BCUT2D eigenvalue weighted by atomic mass is 10.4. The molecule has 1 heterocycles. The highest BCUT2D eigenvalue weighted by Gasteiger charge is 2.00. The van der Waals surface area contributed by atoms with Gasteiger partial charge in [-0.2, -0.15) is 0 Å². The molecule has 3 nitrogen and oxygen atoms in total. The molecule has 4 heteroatoms. The summed E-state index contributed by atoms with van der Waals surface area (Å²) < 4.78 is 4.46. The molecule has 1 aromatic rings. The number of carbonyl (C=O) groups excluding carboxylic acids is 1. The number of aromatic nitrogens is 1. The van der Waals surface area contributed by atoms with E-state index in [4.69, 9.17) is 0 Å². The molecule has 13 heavy (non-hydrogen) atoms. The van der Waals surface area contributed by atoms with Crippen LogP contribution in [0.25, 0.3) is 6.08 Å². The molecule has 1 rings (SSSR count). The highest BCUT2D eigenvalue weighted by atomic mass is 32.1. The molecule has 1 aromatic heterocycles. The van der Waals surface area contributed by atoms with Gasteiger partial charge in [-0.15, -0.1) is 11.3 Å². The van der Waals surface area contributed by atoms with Gasteiger partial charge in [0.15, 0.2) is 0 Å². The van der Waals surface area contributed by atoms with E-state index < -0.39 is 0 Å². The molecule has 0 aromatic carbocycles. The predicted molar refractivity (Wildman–Crippen MR) is 52.6 cm³/mol. The first-order valence-corrected chi connectivity index (χ1v) is 4.65. The predicted octanol–water partition coefficient (Wildman–Crippen LogP) is 1.95. The first kappa shape index (κ1) is 9.92. The van der Waals surface area contributed by atoms with Crippen molar-refractivity contribution in [2.75, 3.05) is 7.11 Å². The maximum atomic E-state index is 10.7. The lowest BCUT2D eigenvalue weighted by Gasteiger charge is -1.87. The Labute approximate surface area is 81.1 Å². The van der Waals surface area contributed by atoms with Gasteiger partial charge < -0.3 is 4.74 Å². The van der Waals surface area contributed by atoms with Crippen molar-refractivity contribution in [1.29, 1.82) is 0 Å². The molecule has 0 fully saturated rings. The fourth-order valence-electron chi connectivity index (χ4n) is 0.776. The van der Waals surface area contributed by atoms with E-state index in [1.165, 1.54) is 18.1 Å². The number of carbonyl (C=O) groups is 1. The zero-order valence-electron chi connectivity index (χ0n) is 7.83. The van der Waals surface area contributed by atoms with E-state index in [0.717, 1.165) is 10.7 Å². The van der Waals surface area contributed by atoms with Crippen LogP contribution < -0.4 is 0 Å². The first-order chi connectivity index (χ1) is 6.13. The Morgan fingerprint density at radius 2 is 2.23 bits per heavy atom. The second-order valence-electron chi connectivity index (χ2n) is 2.55. The first-order valence-electron chi connectivity index (χ1n) is 3.83. The Kier molecular flexibility index (Phi) is 3.19. The Morgan fingerprint density at radius 1 is 1.54 bits per heavy atom. The summed E-state index contributed by atoms with van der Waals surface area (Å²) in [5.74, 6) is -0.356. The van der Waals surface area contributed by atoms with Crippen LogP contribution in [-0.2, 0) is 9.53 Å². The van der Waals surface area contributed by atoms with E-state index in [2.05, 4.69) is 9.72 Å². The number of hydrogen-bond acceptors (Lipinski definition) is 4. The molecule has 0 atom stereocenters. The highest BCUT2D eigenvalue weighted by molar-refractivity contribution is 7.12. The van der Waals surface area contributed by atoms with Crippen molar-refractivity contribution in [3.8, 4) is 0 Å². The molecule has 0 saturated heterocycles. The summed E-state index contributed by atoms with van der Waals surface area (Å²) in [6.07, 6.45) is 3.04. The van der Waals surface area contributed by atoms with Crippen LogP contribution in [0.15, 0.2) is 6.08 Å². The van der Waals surface area contributed by atoms with Crippen LogP contribution >= 0.6 is 11.3 Å². The third-order valence-corrected chi connectivity index (χ3v) is 2.65. The Morgan fingerprint density at radius 3 is 2.69 bits per heavy atom. The minimum Gasteiger partial charge on any atom is -0.466 e. The quantitative estimate of drug-likeness (QED) is 0.537. The van der Waals surface area contributed by atoms with E-state index in [1.807, 2.05) is 13.8 Å². The molecule has 0 amide bonds. The maximum Gasteiger partial charge on any atom is 0.330 e. The largest absolute Gasteiger partial charge is 0.466 e. The minimum absolute atomic E-state index is 0.356. The van der Waals surface area contributed by atoms with E-state index in [-0.39, 0.29) is 5.97 Å². The van der Waals surface area contributed by atoms with Crippen molar-refractivity contribution < 1.29 is 9.53 Å². The minimum atomic E-state index is -0.356. The normalized spacial score (nSPS) is 10.7. The van der Waals surface area contributed by atoms with Crippen molar-refractivity contribution >= 4 is 23.4 Å². The van der Waals surface area contributed by atoms with Crippen LogP contribution in [0.2, 0.25) is 0 Å². The van der Waals surface area contributed by atoms with Crippen molar-refractivity contribution in [3.05, 3.63) is 21.7 Å². The number of esters is 1. The summed E-state index contributed by atoms with van der Waals surface area (Å²) in [7, 11) is 1.35. The number of methoxy groups -OCH3 is 1. The van der Waals surface area contributed by atoms with E-state index >= 15 is 0 Å². The topological polar surface area (TPSA) is 39.2 Å². The number of aryl methyl sites for hydroxylation is 2. The fraction of sp³-hybridized carbons (Fsp3) is 0.333. The Balaban J connectivity index is 2.74. The zero-order chi connectivity index (χ0) is 9.84. The van der Waals surface area contributed by atoms with Gasteiger partial charge in [-0.05, 0) is 19.9 Å². The smallest absolute Gasteiger partial charge is 0.330 e. The molecule has 0 spiro atoms. The second kappa shape index (κ2) is 4.18. The standard InChI is InChI=1S/C9H11NO2S/c1-6-7(2)13-8(10-6)4-5-9(11)12-3/h4-5H,1-3H3/b5-4+. The van der Waals surface area contributed by atoms with Crippen molar-refractivity contribution in [1.82, 2.24) is 4.98 Å². The molecule has 0 N–H and O–H groups in total. The van der Waals surface area contributed by atoms with Crippen LogP contribution in [0, 0.1) is 13.8 Å². The molecule has 0 radical (unpaired) electrons. The van der Waals surface area contributed by atoms with E-state index in [0.29, 0.717) is 0 Å². The number of nitrogens with zero attached hydrogens (tertiary/aromatic N) is 1. The van der Waals surface area contributed by atoms with Crippen molar-refractivity contribution in [2.45, 2.75) is 13.8 Å². The lowest BCUT2D eigenvalue weighted by molar-refractivity contribution is -0.134. The van der Waals surface area contributed by atoms with Gasteiger partial charge in [0.2, 0.25) is 0 Å². The summed E-state index contributed by atoms with van der Waals surface area (Å²) in [6.45, 7) is 3.95. The Bertz CT molecular complexity index is 322. The third-order valence-electron chi connectivity index (χ3n) is 1.61. The molecule has 0 saturated carbocycles. The van der Waals surface area contributed by atoms with Gasteiger partial charge in [-0.3, -0.25) is 0 Å². The molecule has 0 unspecified atom stereocenters. The molecular weight excluding hydrogens is 186 g/mol. The van der Waals surface area contributed by atoms with Crippen LogP contribution in [0.5, 0.6) is 0 Å². The monoisotopic (exact) mass is 197 g/mol. The SMILES string of the molecule is COC(=O)/C=C/c1nc(C)c(C)s1. The zero-order valence-corrected chi connectivity index (χ0v) is 8.64. The average Bonchev–Trinajstić information content (AvgIpc) is 2.42. The van der Waals surface area contributed by atoms with Crippen LogP contribution in [0.1, 0.15) is 15.6 Å². The van der Waals surface area contributed by atoms with Gasteiger partial charge in [-0.25, -0.2) is 9.78 Å². The molecule has 0 aliphatic rings. The van der Waals surface area contributed by atoms with E-state index in [9.17, 15) is 4.79 Å². The van der Waals surface area contributed by atoms with Gasteiger partial charge in [-0.1, -0.05) is 0 Å². The maximum absolute atomic E-state index is 10.7. The molecular formula is C9H11NO2S. The van der Waals surface area contributed by atoms with Crippen LogP contribution in [0.4, 0.5) is 0 Å². The highest BCUT2D eigenvalue weighted by Crippen LogP contribution is 2.17. The average molecular weight is 197 g/mol. The van der Waals surface area contributed by atoms with Gasteiger partial charge in [0.1, 0.15) is 5.01 Å². The summed E-state index contributed by atoms with van der Waals surface area (Å²) in [5.41, 5.74) is 1.01.